The fraction of sp³-hybridized carbons (Fsp3) is 0.0667. The Bertz CT molecular complexity index is 664. The molecule has 0 fully saturated rings. The third kappa shape index (κ3) is 3.85. The van der Waals surface area contributed by atoms with Crippen LogP contribution in [0.2, 0.25) is 0 Å². The van der Waals surface area contributed by atoms with E-state index < -0.39 is 0 Å². The van der Waals surface area contributed by atoms with E-state index in [0.29, 0.717) is 11.3 Å². The van der Waals surface area contributed by atoms with Crippen LogP contribution in [0, 0.1) is 11.3 Å². The fourth-order valence-electron chi connectivity index (χ4n) is 1.61. The van der Waals surface area contributed by atoms with Crippen LogP contribution >= 0.6 is 11.8 Å². The molecule has 2 aromatic carbocycles. The SMILES string of the molecule is N#Cc1cccc(Sc2cccc(NC(=O)CN)c2)c1. The molecule has 0 saturated carbocycles. The van der Waals surface area contributed by atoms with Crippen LogP contribution in [0.25, 0.3) is 0 Å². The molecule has 3 N–H and O–H groups in total. The van der Waals surface area contributed by atoms with Crippen molar-refractivity contribution in [3.8, 4) is 6.07 Å². The smallest absolute Gasteiger partial charge is 0.238 e. The second kappa shape index (κ2) is 6.75. The number of hydrogen-bond acceptors (Lipinski definition) is 4. The molecule has 20 heavy (non-hydrogen) atoms. The summed E-state index contributed by atoms with van der Waals surface area (Å²) in [6, 6.07) is 17.0. The zero-order chi connectivity index (χ0) is 14.4. The lowest BCUT2D eigenvalue weighted by Crippen LogP contribution is -2.21. The van der Waals surface area contributed by atoms with Gasteiger partial charge < -0.3 is 11.1 Å². The lowest BCUT2D eigenvalue weighted by Gasteiger charge is -2.06. The van der Waals surface area contributed by atoms with E-state index in [-0.39, 0.29) is 12.5 Å². The van der Waals surface area contributed by atoms with Gasteiger partial charge in [-0.05, 0) is 36.4 Å². The minimum Gasteiger partial charge on any atom is -0.325 e. The van der Waals surface area contributed by atoms with Gasteiger partial charge in [-0.1, -0.05) is 23.9 Å². The highest BCUT2D eigenvalue weighted by molar-refractivity contribution is 7.99. The van der Waals surface area contributed by atoms with E-state index >= 15 is 0 Å². The molecule has 100 valence electrons. The Morgan fingerprint density at radius 2 is 1.90 bits per heavy atom. The minimum absolute atomic E-state index is 0.0401. The summed E-state index contributed by atoms with van der Waals surface area (Å²) in [5.74, 6) is -0.223. The lowest BCUT2D eigenvalue weighted by molar-refractivity contribution is -0.114. The summed E-state index contributed by atoms with van der Waals surface area (Å²) >= 11 is 1.53. The zero-order valence-electron chi connectivity index (χ0n) is 10.7. The lowest BCUT2D eigenvalue weighted by atomic mass is 10.2. The van der Waals surface area contributed by atoms with Crippen molar-refractivity contribution in [2.24, 2.45) is 5.73 Å². The second-order valence-electron chi connectivity index (χ2n) is 4.02. The van der Waals surface area contributed by atoms with E-state index in [2.05, 4.69) is 11.4 Å². The molecule has 0 aliphatic carbocycles. The first-order chi connectivity index (χ1) is 9.71. The van der Waals surface area contributed by atoms with Crippen molar-refractivity contribution in [1.82, 2.24) is 0 Å². The van der Waals surface area contributed by atoms with Crippen molar-refractivity contribution in [2.45, 2.75) is 9.79 Å². The summed E-state index contributed by atoms with van der Waals surface area (Å²) in [6.45, 7) is -0.0401. The number of rotatable bonds is 4. The Hall–Kier alpha value is -2.29. The molecule has 2 aromatic rings. The van der Waals surface area contributed by atoms with Crippen LogP contribution in [0.15, 0.2) is 58.3 Å². The summed E-state index contributed by atoms with van der Waals surface area (Å²) in [7, 11) is 0. The van der Waals surface area contributed by atoms with Gasteiger partial charge in [-0.15, -0.1) is 0 Å². The Kier molecular flexibility index (Phi) is 4.77. The van der Waals surface area contributed by atoms with Gasteiger partial charge in [0.2, 0.25) is 5.91 Å². The average molecular weight is 283 g/mol. The molecule has 0 aliphatic rings. The molecule has 0 radical (unpaired) electrons. The Morgan fingerprint density at radius 1 is 1.20 bits per heavy atom. The number of benzene rings is 2. The second-order valence-corrected chi connectivity index (χ2v) is 5.17. The van der Waals surface area contributed by atoms with Gasteiger partial charge in [-0.2, -0.15) is 5.26 Å². The third-order valence-corrected chi connectivity index (χ3v) is 3.48. The molecule has 0 unspecified atom stereocenters. The third-order valence-electron chi connectivity index (χ3n) is 2.50. The molecule has 0 atom stereocenters. The summed E-state index contributed by atoms with van der Waals surface area (Å²) in [5, 5.41) is 11.6. The van der Waals surface area contributed by atoms with Crippen molar-refractivity contribution in [2.75, 3.05) is 11.9 Å². The number of carbonyl (C=O) groups excluding carboxylic acids is 1. The molecule has 0 heterocycles. The van der Waals surface area contributed by atoms with Crippen LogP contribution in [0.1, 0.15) is 5.56 Å². The molecule has 0 aromatic heterocycles. The van der Waals surface area contributed by atoms with E-state index in [1.54, 1.807) is 6.07 Å². The van der Waals surface area contributed by atoms with Gasteiger partial charge in [0, 0.05) is 15.5 Å². The highest BCUT2D eigenvalue weighted by atomic mass is 32.2. The van der Waals surface area contributed by atoms with Crippen LogP contribution in [-0.4, -0.2) is 12.5 Å². The standard InChI is InChI=1S/C15H13N3OS/c16-9-11-3-1-5-13(7-11)20-14-6-2-4-12(8-14)18-15(19)10-17/h1-8H,10,17H2,(H,18,19). The van der Waals surface area contributed by atoms with Crippen molar-refractivity contribution in [3.05, 3.63) is 54.1 Å². The van der Waals surface area contributed by atoms with Gasteiger partial charge in [0.25, 0.3) is 0 Å². The number of nitrogens with zero attached hydrogens (tertiary/aromatic N) is 1. The van der Waals surface area contributed by atoms with Crippen LogP contribution in [0.4, 0.5) is 5.69 Å². The van der Waals surface area contributed by atoms with Crippen LogP contribution in [0.5, 0.6) is 0 Å². The predicted octanol–water partition coefficient (Wildman–Crippen LogP) is 2.61. The molecule has 0 spiro atoms. The number of nitriles is 1. The molecule has 0 saturated heterocycles. The molecule has 0 aliphatic heterocycles. The van der Waals surface area contributed by atoms with E-state index in [1.165, 1.54) is 11.8 Å². The summed E-state index contributed by atoms with van der Waals surface area (Å²) in [4.78, 5) is 13.2. The molecule has 1 amide bonds. The van der Waals surface area contributed by atoms with Crippen LogP contribution < -0.4 is 11.1 Å². The number of hydrogen-bond donors (Lipinski definition) is 2. The number of anilines is 1. The van der Waals surface area contributed by atoms with Gasteiger partial charge in [-0.3, -0.25) is 4.79 Å². The van der Waals surface area contributed by atoms with Crippen LogP contribution in [-0.2, 0) is 4.79 Å². The number of carbonyl (C=O) groups is 1. The predicted molar refractivity (Wildman–Crippen MR) is 79.4 cm³/mol. The topological polar surface area (TPSA) is 78.9 Å². The Labute approximate surface area is 121 Å². The fourth-order valence-corrected chi connectivity index (χ4v) is 2.55. The van der Waals surface area contributed by atoms with Gasteiger partial charge >= 0.3 is 0 Å². The highest BCUT2D eigenvalue weighted by Crippen LogP contribution is 2.29. The maximum atomic E-state index is 11.3. The van der Waals surface area contributed by atoms with Crippen molar-refractivity contribution in [1.29, 1.82) is 5.26 Å². The van der Waals surface area contributed by atoms with E-state index in [0.717, 1.165) is 9.79 Å². The van der Waals surface area contributed by atoms with Gasteiger partial charge in [0.1, 0.15) is 0 Å². The summed E-state index contributed by atoms with van der Waals surface area (Å²) < 4.78 is 0. The maximum absolute atomic E-state index is 11.3. The van der Waals surface area contributed by atoms with Crippen LogP contribution in [0.3, 0.4) is 0 Å². The summed E-state index contributed by atoms with van der Waals surface area (Å²) in [6.07, 6.45) is 0. The highest BCUT2D eigenvalue weighted by Gasteiger charge is 2.02. The molecule has 4 nitrogen and oxygen atoms in total. The monoisotopic (exact) mass is 283 g/mol. The summed E-state index contributed by atoms with van der Waals surface area (Å²) in [5.41, 5.74) is 6.60. The molecule has 2 rings (SSSR count). The largest absolute Gasteiger partial charge is 0.325 e. The molecule has 5 heteroatoms. The zero-order valence-corrected chi connectivity index (χ0v) is 11.5. The van der Waals surface area contributed by atoms with Crippen molar-refractivity contribution in [3.63, 3.8) is 0 Å². The van der Waals surface area contributed by atoms with E-state index in [4.69, 9.17) is 11.0 Å². The quantitative estimate of drug-likeness (QED) is 0.904. The molecular weight excluding hydrogens is 270 g/mol. The van der Waals surface area contributed by atoms with Crippen molar-refractivity contribution < 1.29 is 4.79 Å². The molecular formula is C15H13N3OS. The average Bonchev–Trinajstić information content (AvgIpc) is 2.47. The van der Waals surface area contributed by atoms with E-state index in [9.17, 15) is 4.79 Å². The van der Waals surface area contributed by atoms with Gasteiger partial charge in [0.15, 0.2) is 0 Å². The Balaban J connectivity index is 2.15. The minimum atomic E-state index is -0.223. The first-order valence-corrected chi connectivity index (χ1v) is 6.81. The van der Waals surface area contributed by atoms with Crippen molar-refractivity contribution >= 4 is 23.4 Å². The Morgan fingerprint density at radius 3 is 2.60 bits per heavy atom. The van der Waals surface area contributed by atoms with E-state index in [1.807, 2.05) is 42.5 Å². The number of nitrogens with two attached hydrogens (primary N) is 1. The first-order valence-electron chi connectivity index (χ1n) is 5.99. The number of amides is 1. The van der Waals surface area contributed by atoms with Gasteiger partial charge in [0.05, 0.1) is 18.2 Å². The number of nitrogens with one attached hydrogen (secondary N) is 1. The normalized spacial score (nSPS) is 9.80. The maximum Gasteiger partial charge on any atom is 0.238 e. The van der Waals surface area contributed by atoms with Gasteiger partial charge in [-0.25, -0.2) is 0 Å². The molecule has 0 bridgehead atoms. The first kappa shape index (κ1) is 14.1.